The van der Waals surface area contributed by atoms with Crippen LogP contribution < -0.4 is 5.73 Å². The van der Waals surface area contributed by atoms with Gasteiger partial charge in [-0.1, -0.05) is 0 Å². The van der Waals surface area contributed by atoms with Crippen molar-refractivity contribution in [2.45, 2.75) is 31.7 Å². The summed E-state index contributed by atoms with van der Waals surface area (Å²) < 4.78 is 1.05. The maximum Gasteiger partial charge on any atom is 0.0410 e. The third kappa shape index (κ3) is 2.16. The standard InChI is InChI=1S/C13H17BrN2/c14-12-1-8(6-16-7-12)2-13(15)11-4-9-3-10(9)5-11/h1,6-7,9-11,13H,2-5,15H2. The zero-order valence-corrected chi connectivity index (χ0v) is 10.9. The number of hydrogen-bond donors (Lipinski definition) is 1. The topological polar surface area (TPSA) is 38.9 Å². The fraction of sp³-hybridized carbons (Fsp3) is 0.615. The van der Waals surface area contributed by atoms with Crippen molar-refractivity contribution in [2.75, 3.05) is 0 Å². The van der Waals surface area contributed by atoms with Crippen molar-refractivity contribution < 1.29 is 0 Å². The highest BCUT2D eigenvalue weighted by Gasteiger charge is 2.47. The number of hydrogen-bond acceptors (Lipinski definition) is 2. The van der Waals surface area contributed by atoms with Crippen LogP contribution >= 0.6 is 15.9 Å². The molecule has 2 nitrogen and oxygen atoms in total. The number of aromatic nitrogens is 1. The van der Waals surface area contributed by atoms with Gasteiger partial charge < -0.3 is 5.73 Å². The highest BCUT2D eigenvalue weighted by molar-refractivity contribution is 9.10. The number of halogens is 1. The number of fused-ring (bicyclic) bond motifs is 1. The average Bonchev–Trinajstić information content (AvgIpc) is 2.86. The lowest BCUT2D eigenvalue weighted by molar-refractivity contribution is 0.392. The largest absolute Gasteiger partial charge is 0.327 e. The zero-order chi connectivity index (χ0) is 11.1. The van der Waals surface area contributed by atoms with Gasteiger partial charge in [0.15, 0.2) is 0 Å². The summed E-state index contributed by atoms with van der Waals surface area (Å²) in [5.74, 6) is 2.80. The minimum atomic E-state index is 0.323. The van der Waals surface area contributed by atoms with Crippen LogP contribution in [0.5, 0.6) is 0 Å². The molecule has 2 saturated carbocycles. The van der Waals surface area contributed by atoms with Gasteiger partial charge >= 0.3 is 0 Å². The van der Waals surface area contributed by atoms with E-state index in [1.165, 1.54) is 24.8 Å². The first-order valence-electron chi connectivity index (χ1n) is 6.07. The van der Waals surface area contributed by atoms with Gasteiger partial charge in [-0.25, -0.2) is 0 Å². The smallest absolute Gasteiger partial charge is 0.0410 e. The van der Waals surface area contributed by atoms with Gasteiger partial charge in [-0.3, -0.25) is 4.98 Å². The van der Waals surface area contributed by atoms with Gasteiger partial charge in [-0.05, 0) is 71.0 Å². The van der Waals surface area contributed by atoms with Gasteiger partial charge in [0.05, 0.1) is 0 Å². The Morgan fingerprint density at radius 2 is 2.06 bits per heavy atom. The van der Waals surface area contributed by atoms with Gasteiger partial charge in [-0.15, -0.1) is 0 Å². The molecule has 3 unspecified atom stereocenters. The van der Waals surface area contributed by atoms with E-state index < -0.39 is 0 Å². The third-order valence-electron chi connectivity index (χ3n) is 4.12. The summed E-state index contributed by atoms with van der Waals surface area (Å²) in [7, 11) is 0. The maximum absolute atomic E-state index is 6.30. The van der Waals surface area contributed by atoms with Crippen LogP contribution in [0.4, 0.5) is 0 Å². The summed E-state index contributed by atoms with van der Waals surface area (Å²) in [6.45, 7) is 0. The first kappa shape index (κ1) is 10.7. The van der Waals surface area contributed by atoms with Crippen LogP contribution in [0.25, 0.3) is 0 Å². The second-order valence-electron chi connectivity index (χ2n) is 5.37. The van der Waals surface area contributed by atoms with Gasteiger partial charge in [0.25, 0.3) is 0 Å². The molecule has 0 spiro atoms. The van der Waals surface area contributed by atoms with Crippen molar-refractivity contribution in [3.63, 3.8) is 0 Å². The van der Waals surface area contributed by atoms with Gasteiger partial charge in [0.2, 0.25) is 0 Å². The lowest BCUT2D eigenvalue weighted by Gasteiger charge is -2.20. The molecule has 0 aromatic carbocycles. The number of nitrogens with two attached hydrogens (primary N) is 1. The van der Waals surface area contributed by atoms with E-state index in [1.807, 2.05) is 12.4 Å². The normalized spacial score (nSPS) is 33.5. The zero-order valence-electron chi connectivity index (χ0n) is 9.27. The van der Waals surface area contributed by atoms with E-state index in [4.69, 9.17) is 5.73 Å². The summed E-state index contributed by atoms with van der Waals surface area (Å²) in [5, 5.41) is 0. The van der Waals surface area contributed by atoms with Crippen molar-refractivity contribution >= 4 is 15.9 Å². The molecule has 0 bridgehead atoms. The number of pyridine rings is 1. The maximum atomic E-state index is 6.30. The predicted molar refractivity (Wildman–Crippen MR) is 67.9 cm³/mol. The van der Waals surface area contributed by atoms with E-state index >= 15 is 0 Å². The van der Waals surface area contributed by atoms with Crippen LogP contribution in [0.1, 0.15) is 24.8 Å². The lowest BCUT2D eigenvalue weighted by Crippen LogP contribution is -2.31. The summed E-state index contributed by atoms with van der Waals surface area (Å²) in [6.07, 6.45) is 8.93. The molecule has 0 aliphatic heterocycles. The molecule has 3 rings (SSSR count). The molecule has 3 heteroatoms. The highest BCUT2D eigenvalue weighted by atomic mass is 79.9. The van der Waals surface area contributed by atoms with Crippen LogP contribution in [0.3, 0.4) is 0 Å². The molecule has 2 N–H and O–H groups in total. The third-order valence-corrected chi connectivity index (χ3v) is 4.55. The SMILES string of the molecule is NC(Cc1cncc(Br)c1)C1CC2CC2C1. The van der Waals surface area contributed by atoms with E-state index in [-0.39, 0.29) is 0 Å². The highest BCUT2D eigenvalue weighted by Crippen LogP contribution is 2.55. The second kappa shape index (κ2) is 4.11. The molecule has 2 fully saturated rings. The van der Waals surface area contributed by atoms with Crippen molar-refractivity contribution in [3.05, 3.63) is 28.5 Å². The molecule has 16 heavy (non-hydrogen) atoms. The number of nitrogens with zero attached hydrogens (tertiary/aromatic N) is 1. The minimum Gasteiger partial charge on any atom is -0.327 e. The molecule has 1 aromatic heterocycles. The van der Waals surface area contributed by atoms with Crippen LogP contribution in [0, 0.1) is 17.8 Å². The minimum absolute atomic E-state index is 0.323. The Morgan fingerprint density at radius 1 is 1.31 bits per heavy atom. The van der Waals surface area contributed by atoms with Crippen molar-refractivity contribution in [3.8, 4) is 0 Å². The molecular weight excluding hydrogens is 264 g/mol. The van der Waals surface area contributed by atoms with E-state index in [1.54, 1.807) is 0 Å². The van der Waals surface area contributed by atoms with Crippen LogP contribution in [0.2, 0.25) is 0 Å². The van der Waals surface area contributed by atoms with Crippen LogP contribution in [-0.2, 0) is 6.42 Å². The van der Waals surface area contributed by atoms with Gasteiger partial charge in [0.1, 0.15) is 0 Å². The molecule has 3 atom stereocenters. The number of rotatable bonds is 3. The quantitative estimate of drug-likeness (QED) is 0.925. The average molecular weight is 281 g/mol. The molecule has 0 amide bonds. The first-order valence-corrected chi connectivity index (χ1v) is 6.86. The second-order valence-corrected chi connectivity index (χ2v) is 6.28. The van der Waals surface area contributed by atoms with E-state index in [9.17, 15) is 0 Å². The first-order chi connectivity index (χ1) is 7.72. The van der Waals surface area contributed by atoms with E-state index in [0.29, 0.717) is 6.04 Å². The summed E-state index contributed by atoms with van der Waals surface area (Å²) in [6, 6.07) is 2.45. The predicted octanol–water partition coefficient (Wildman–Crippen LogP) is 2.76. The van der Waals surface area contributed by atoms with Gasteiger partial charge in [-0.2, -0.15) is 0 Å². The van der Waals surface area contributed by atoms with Crippen LogP contribution in [-0.4, -0.2) is 11.0 Å². The molecule has 1 aromatic rings. The Bertz CT molecular complexity index is 383. The summed E-state index contributed by atoms with van der Waals surface area (Å²) in [4.78, 5) is 4.19. The Morgan fingerprint density at radius 3 is 2.75 bits per heavy atom. The van der Waals surface area contributed by atoms with Crippen molar-refractivity contribution in [2.24, 2.45) is 23.5 Å². The molecule has 1 heterocycles. The summed E-state index contributed by atoms with van der Waals surface area (Å²) in [5.41, 5.74) is 7.55. The van der Waals surface area contributed by atoms with Crippen molar-refractivity contribution in [1.29, 1.82) is 0 Å². The molecule has 2 aliphatic carbocycles. The Labute approximate surface area is 105 Å². The Balaban J connectivity index is 1.61. The van der Waals surface area contributed by atoms with E-state index in [2.05, 4.69) is 27.0 Å². The molecule has 0 saturated heterocycles. The molecule has 0 radical (unpaired) electrons. The molecule has 86 valence electrons. The molecule has 2 aliphatic rings. The fourth-order valence-corrected chi connectivity index (χ4v) is 3.53. The van der Waals surface area contributed by atoms with Gasteiger partial charge in [0, 0.05) is 22.9 Å². The van der Waals surface area contributed by atoms with Crippen molar-refractivity contribution in [1.82, 2.24) is 4.98 Å². The Kier molecular flexibility index (Phi) is 2.76. The molecular formula is C13H17BrN2. The van der Waals surface area contributed by atoms with E-state index in [0.717, 1.165) is 28.6 Å². The monoisotopic (exact) mass is 280 g/mol. The summed E-state index contributed by atoms with van der Waals surface area (Å²) >= 11 is 3.45. The lowest BCUT2D eigenvalue weighted by atomic mass is 9.91. The Hall–Kier alpha value is -0.410. The fourth-order valence-electron chi connectivity index (χ4n) is 3.12. The van der Waals surface area contributed by atoms with Crippen LogP contribution in [0.15, 0.2) is 22.9 Å².